The van der Waals surface area contributed by atoms with Gasteiger partial charge < -0.3 is 10.2 Å². The second-order valence-electron chi connectivity index (χ2n) is 7.19. The minimum atomic E-state index is 0.130. The van der Waals surface area contributed by atoms with Gasteiger partial charge in [0.05, 0.1) is 5.69 Å². The van der Waals surface area contributed by atoms with Crippen LogP contribution in [0.2, 0.25) is 0 Å². The second-order valence-corrected chi connectivity index (χ2v) is 7.19. The summed E-state index contributed by atoms with van der Waals surface area (Å²) in [5.41, 5.74) is 2.60. The van der Waals surface area contributed by atoms with E-state index in [4.69, 9.17) is 0 Å². The maximum atomic E-state index is 4.52. The molecule has 0 amide bonds. The van der Waals surface area contributed by atoms with E-state index >= 15 is 0 Å². The van der Waals surface area contributed by atoms with Crippen LogP contribution in [0.3, 0.4) is 0 Å². The normalized spacial score (nSPS) is 17.0. The molecule has 1 saturated carbocycles. The fourth-order valence-corrected chi connectivity index (χ4v) is 3.14. The summed E-state index contributed by atoms with van der Waals surface area (Å²) in [6.07, 6.45) is 8.80. The van der Waals surface area contributed by atoms with Gasteiger partial charge in [-0.05, 0) is 52.7 Å². The van der Waals surface area contributed by atoms with E-state index in [9.17, 15) is 0 Å². The average Bonchev–Trinajstić information content (AvgIpc) is 2.47. The molecule has 1 aliphatic carbocycles. The Bertz CT molecular complexity index is 430. The Balaban J connectivity index is 2.07. The van der Waals surface area contributed by atoms with Gasteiger partial charge in [-0.2, -0.15) is 0 Å². The van der Waals surface area contributed by atoms with Gasteiger partial charge in [-0.3, -0.25) is 4.98 Å². The van der Waals surface area contributed by atoms with Crippen LogP contribution in [-0.4, -0.2) is 23.1 Å². The largest absolute Gasteiger partial charge is 0.369 e. The van der Waals surface area contributed by atoms with E-state index in [1.165, 1.54) is 37.8 Å². The van der Waals surface area contributed by atoms with E-state index < -0.39 is 0 Å². The van der Waals surface area contributed by atoms with Crippen molar-refractivity contribution in [3.8, 4) is 0 Å². The number of nitrogens with zero attached hydrogens (tertiary/aromatic N) is 2. The van der Waals surface area contributed by atoms with E-state index in [1.807, 2.05) is 6.20 Å². The zero-order valence-corrected chi connectivity index (χ0v) is 14.2. The molecule has 0 bridgehead atoms. The minimum Gasteiger partial charge on any atom is -0.369 e. The van der Waals surface area contributed by atoms with Gasteiger partial charge in [0.25, 0.3) is 0 Å². The quantitative estimate of drug-likeness (QED) is 0.883. The number of pyridine rings is 1. The van der Waals surface area contributed by atoms with Crippen molar-refractivity contribution in [2.45, 2.75) is 77.9 Å². The third-order valence-corrected chi connectivity index (χ3v) is 4.29. The van der Waals surface area contributed by atoms with Crippen molar-refractivity contribution in [2.75, 3.05) is 11.4 Å². The fraction of sp³-hybridized carbons (Fsp3) is 0.722. The molecule has 1 heterocycles. The summed E-state index contributed by atoms with van der Waals surface area (Å²) in [4.78, 5) is 7.09. The Labute approximate surface area is 130 Å². The van der Waals surface area contributed by atoms with Gasteiger partial charge in [0.1, 0.15) is 0 Å². The van der Waals surface area contributed by atoms with Crippen LogP contribution in [0, 0.1) is 0 Å². The molecule has 1 aromatic heterocycles. The molecule has 0 radical (unpaired) electrons. The molecule has 0 atom stereocenters. The summed E-state index contributed by atoms with van der Waals surface area (Å²) in [6.45, 7) is 10.8. The van der Waals surface area contributed by atoms with E-state index in [0.717, 1.165) is 24.8 Å². The van der Waals surface area contributed by atoms with Crippen molar-refractivity contribution in [1.82, 2.24) is 10.3 Å². The topological polar surface area (TPSA) is 28.2 Å². The molecule has 0 spiro atoms. The Kier molecular flexibility index (Phi) is 5.63. The van der Waals surface area contributed by atoms with E-state index in [0.29, 0.717) is 0 Å². The molecule has 1 aromatic rings. The lowest BCUT2D eigenvalue weighted by Gasteiger charge is -2.35. The molecule has 2 rings (SSSR count). The molecule has 1 aliphatic rings. The van der Waals surface area contributed by atoms with Gasteiger partial charge in [0.15, 0.2) is 0 Å². The third-order valence-electron chi connectivity index (χ3n) is 4.29. The lowest BCUT2D eigenvalue weighted by atomic mass is 9.94. The standard InChI is InChI=1S/C18H31N3/c1-5-21(16-9-7-6-8-10-16)17-11-12-19-15(13-17)14-20-18(2,3)4/h11-13,16,20H,5-10,14H2,1-4H3. The fourth-order valence-electron chi connectivity index (χ4n) is 3.14. The summed E-state index contributed by atoms with van der Waals surface area (Å²) in [5.74, 6) is 0. The smallest absolute Gasteiger partial charge is 0.0562 e. The van der Waals surface area contributed by atoms with Crippen LogP contribution in [0.1, 0.15) is 65.5 Å². The first kappa shape index (κ1) is 16.3. The molecule has 0 unspecified atom stereocenters. The van der Waals surface area contributed by atoms with Crippen LogP contribution in [-0.2, 0) is 6.54 Å². The molecule has 118 valence electrons. The highest BCUT2D eigenvalue weighted by atomic mass is 15.2. The lowest BCUT2D eigenvalue weighted by Crippen LogP contribution is -2.37. The molecule has 3 nitrogen and oxygen atoms in total. The van der Waals surface area contributed by atoms with Gasteiger partial charge >= 0.3 is 0 Å². The molecule has 0 aromatic carbocycles. The molecular weight excluding hydrogens is 258 g/mol. The maximum absolute atomic E-state index is 4.52. The highest BCUT2D eigenvalue weighted by molar-refractivity contribution is 5.47. The van der Waals surface area contributed by atoms with Crippen molar-refractivity contribution in [3.63, 3.8) is 0 Å². The Morgan fingerprint density at radius 3 is 2.57 bits per heavy atom. The molecule has 0 saturated heterocycles. The van der Waals surface area contributed by atoms with Crippen molar-refractivity contribution >= 4 is 5.69 Å². The van der Waals surface area contributed by atoms with Crippen molar-refractivity contribution in [1.29, 1.82) is 0 Å². The van der Waals surface area contributed by atoms with E-state index in [1.54, 1.807) is 0 Å². The van der Waals surface area contributed by atoms with Gasteiger partial charge in [0.2, 0.25) is 0 Å². The first-order valence-corrected chi connectivity index (χ1v) is 8.46. The van der Waals surface area contributed by atoms with Crippen molar-refractivity contribution < 1.29 is 0 Å². The SMILES string of the molecule is CCN(c1ccnc(CNC(C)(C)C)c1)C1CCCCC1. The third kappa shape index (κ3) is 4.99. The van der Waals surface area contributed by atoms with E-state index in [-0.39, 0.29) is 5.54 Å². The molecular formula is C18H31N3. The van der Waals surface area contributed by atoms with Crippen LogP contribution in [0.5, 0.6) is 0 Å². The number of hydrogen-bond acceptors (Lipinski definition) is 3. The predicted molar refractivity (Wildman–Crippen MR) is 90.7 cm³/mol. The van der Waals surface area contributed by atoms with Crippen molar-refractivity contribution in [3.05, 3.63) is 24.0 Å². The first-order chi connectivity index (χ1) is 9.99. The summed E-state index contributed by atoms with van der Waals surface area (Å²) >= 11 is 0. The molecule has 1 N–H and O–H groups in total. The highest BCUT2D eigenvalue weighted by Crippen LogP contribution is 2.27. The van der Waals surface area contributed by atoms with Gasteiger partial charge in [0, 0.05) is 36.6 Å². The lowest BCUT2D eigenvalue weighted by molar-refractivity contribution is 0.416. The molecule has 21 heavy (non-hydrogen) atoms. The van der Waals surface area contributed by atoms with Crippen LogP contribution in [0.15, 0.2) is 18.3 Å². The number of hydrogen-bond donors (Lipinski definition) is 1. The number of anilines is 1. The van der Waals surface area contributed by atoms with Gasteiger partial charge in [-0.15, -0.1) is 0 Å². The van der Waals surface area contributed by atoms with Crippen LogP contribution in [0.25, 0.3) is 0 Å². The summed E-state index contributed by atoms with van der Waals surface area (Å²) in [7, 11) is 0. The van der Waals surface area contributed by atoms with Gasteiger partial charge in [-0.25, -0.2) is 0 Å². The summed E-state index contributed by atoms with van der Waals surface area (Å²) < 4.78 is 0. The van der Waals surface area contributed by atoms with Crippen LogP contribution < -0.4 is 10.2 Å². The maximum Gasteiger partial charge on any atom is 0.0562 e. The number of aromatic nitrogens is 1. The van der Waals surface area contributed by atoms with Gasteiger partial charge in [-0.1, -0.05) is 19.3 Å². The summed E-state index contributed by atoms with van der Waals surface area (Å²) in [6, 6.07) is 5.14. The molecule has 0 aliphatic heterocycles. The zero-order valence-electron chi connectivity index (χ0n) is 14.2. The first-order valence-electron chi connectivity index (χ1n) is 8.46. The Hall–Kier alpha value is -1.09. The number of nitrogens with one attached hydrogen (secondary N) is 1. The summed E-state index contributed by atoms with van der Waals surface area (Å²) in [5, 5.41) is 3.52. The monoisotopic (exact) mass is 289 g/mol. The zero-order chi connectivity index (χ0) is 15.3. The highest BCUT2D eigenvalue weighted by Gasteiger charge is 2.20. The molecule has 3 heteroatoms. The molecule has 1 fully saturated rings. The average molecular weight is 289 g/mol. The van der Waals surface area contributed by atoms with Crippen LogP contribution >= 0.6 is 0 Å². The Morgan fingerprint density at radius 2 is 1.95 bits per heavy atom. The number of rotatable bonds is 5. The van der Waals surface area contributed by atoms with E-state index in [2.05, 4.69) is 55.0 Å². The van der Waals surface area contributed by atoms with Crippen LogP contribution in [0.4, 0.5) is 5.69 Å². The predicted octanol–water partition coefficient (Wildman–Crippen LogP) is 4.13. The minimum absolute atomic E-state index is 0.130. The Morgan fingerprint density at radius 1 is 1.24 bits per heavy atom. The van der Waals surface area contributed by atoms with Crippen molar-refractivity contribution in [2.24, 2.45) is 0 Å². The second kappa shape index (κ2) is 7.26.